The molecule has 2 rings (SSSR count). The van der Waals surface area contributed by atoms with Gasteiger partial charge in [0, 0.05) is 0 Å². The van der Waals surface area contributed by atoms with Gasteiger partial charge in [-0.15, -0.1) is 0 Å². The molecule has 0 aliphatic carbocycles. The molecule has 1 unspecified atom stereocenters. The van der Waals surface area contributed by atoms with Gasteiger partial charge in [-0.3, -0.25) is 0 Å². The Hall–Kier alpha value is -0.831. The van der Waals surface area contributed by atoms with Crippen molar-refractivity contribution in [2.75, 3.05) is 0 Å². The number of Topliss-reactive ketones (excluding diaryl/α,β-unsaturated/α-hetero) is 2. The summed E-state index contributed by atoms with van der Waals surface area (Å²) >= 11 is 2.74. The monoisotopic (exact) mass is 450 g/mol. The van der Waals surface area contributed by atoms with Crippen molar-refractivity contribution in [2.45, 2.75) is 23.4 Å². The summed E-state index contributed by atoms with van der Waals surface area (Å²) in [6, 6.07) is 14.2. The van der Waals surface area contributed by atoms with Crippen molar-refractivity contribution in [3.63, 3.8) is 0 Å². The predicted octanol–water partition coefficient (Wildman–Crippen LogP) is 5.44. The topological polar surface area (TPSA) is 34.1 Å². The van der Waals surface area contributed by atoms with Gasteiger partial charge in [-0.1, -0.05) is 0 Å². The van der Waals surface area contributed by atoms with E-state index in [9.17, 15) is 9.59 Å². The summed E-state index contributed by atoms with van der Waals surface area (Å²) in [5.41, 5.74) is 3.06. The maximum atomic E-state index is 12.5. The van der Waals surface area contributed by atoms with E-state index >= 15 is 0 Å². The molecule has 2 aromatic rings. The molecule has 128 valence electrons. The summed E-state index contributed by atoms with van der Waals surface area (Å²) in [7, 11) is 12.8. The molecule has 1 atom stereocenters. The molecule has 24 heavy (non-hydrogen) atoms. The molecule has 0 amide bonds. The fourth-order valence-electron chi connectivity index (χ4n) is 2.08. The average molecular weight is 451 g/mol. The van der Waals surface area contributed by atoms with Crippen molar-refractivity contribution in [3.05, 3.63) is 70.8 Å². The van der Waals surface area contributed by atoms with E-state index in [0.717, 1.165) is 11.1 Å². The molecule has 0 saturated heterocycles. The Labute approximate surface area is 157 Å². The summed E-state index contributed by atoms with van der Waals surface area (Å²) in [6.07, 6.45) is 0. The zero-order valence-corrected chi connectivity index (χ0v) is 17.2. The van der Waals surface area contributed by atoms with Crippen LogP contribution in [0.3, 0.4) is 0 Å². The quantitative estimate of drug-likeness (QED) is 0.334. The van der Waals surface area contributed by atoms with Gasteiger partial charge in [-0.2, -0.15) is 0 Å². The van der Waals surface area contributed by atoms with Crippen LogP contribution in [0.25, 0.3) is 0 Å². The Kier molecular flexibility index (Phi) is 6.52. The van der Waals surface area contributed by atoms with Crippen molar-refractivity contribution in [1.29, 1.82) is 0 Å². The third kappa shape index (κ3) is 4.84. The normalized spacial score (nSPS) is 13.4. The van der Waals surface area contributed by atoms with Gasteiger partial charge in [0.15, 0.2) is 0 Å². The van der Waals surface area contributed by atoms with Crippen molar-refractivity contribution in [2.24, 2.45) is 0 Å². The van der Waals surface area contributed by atoms with Crippen molar-refractivity contribution in [1.82, 2.24) is 0 Å². The van der Waals surface area contributed by atoms with E-state index in [-0.39, 0.29) is 16.9 Å². The number of halogens is 3. The second kappa shape index (κ2) is 8.03. The van der Waals surface area contributed by atoms with Crippen molar-refractivity contribution in [3.8, 4) is 0 Å². The minimum absolute atomic E-state index is 0.0888. The molecule has 0 spiro atoms. The van der Waals surface area contributed by atoms with Crippen LogP contribution in [0.15, 0.2) is 48.5 Å². The van der Waals surface area contributed by atoms with Crippen LogP contribution in [0.1, 0.15) is 31.8 Å². The van der Waals surface area contributed by atoms with E-state index in [1.54, 1.807) is 24.3 Å². The Morgan fingerprint density at radius 1 is 0.875 bits per heavy atom. The number of aryl methyl sites for hydroxylation is 2. The summed E-state index contributed by atoms with van der Waals surface area (Å²) in [4.78, 5) is 24.9. The molecule has 0 heterocycles. The van der Waals surface area contributed by atoms with Crippen LogP contribution in [-0.4, -0.2) is 26.9 Å². The fourth-order valence-corrected chi connectivity index (χ4v) is 6.73. The standard InChI is InChI=1S/C18H17Cl3O2Se/c1-12-3-7-14(8-4-12)16(22)11-24(20,21)18(19)17(23)15-9-5-13(2)6-10-15/h3-10,18H,11H2,1-2H3. The van der Waals surface area contributed by atoms with Gasteiger partial charge in [0.1, 0.15) is 0 Å². The molecule has 0 saturated carbocycles. The number of carbonyl (C=O) groups excluding carboxylic acids is 2. The van der Waals surface area contributed by atoms with Gasteiger partial charge in [-0.25, -0.2) is 0 Å². The van der Waals surface area contributed by atoms with Crippen LogP contribution >= 0.6 is 31.8 Å². The van der Waals surface area contributed by atoms with E-state index in [2.05, 4.69) is 0 Å². The number of hydrogen-bond acceptors (Lipinski definition) is 2. The molecule has 6 heteroatoms. The molecule has 0 fully saturated rings. The number of benzene rings is 2. The first kappa shape index (κ1) is 19.5. The second-order valence-corrected chi connectivity index (χ2v) is 17.4. The van der Waals surface area contributed by atoms with Gasteiger partial charge >= 0.3 is 158 Å². The number of rotatable bonds is 6. The van der Waals surface area contributed by atoms with Crippen LogP contribution in [0.4, 0.5) is 0 Å². The first-order chi connectivity index (χ1) is 11.2. The molecular weight excluding hydrogens is 434 g/mol. The number of hydrogen-bond donors (Lipinski definition) is 0. The predicted molar refractivity (Wildman–Crippen MR) is 103 cm³/mol. The number of carbonyl (C=O) groups is 2. The van der Waals surface area contributed by atoms with E-state index in [1.165, 1.54) is 0 Å². The van der Waals surface area contributed by atoms with Crippen LogP contribution in [-0.2, 0) is 0 Å². The zero-order valence-electron chi connectivity index (χ0n) is 13.3. The summed E-state index contributed by atoms with van der Waals surface area (Å²) in [5, 5.41) is -0.0888. The first-order valence-corrected chi connectivity index (χ1v) is 14.4. The molecule has 0 N–H and O–H groups in total. The summed E-state index contributed by atoms with van der Waals surface area (Å²) in [6.45, 7) is 3.86. The fraction of sp³-hybridized carbons (Fsp3) is 0.222. The second-order valence-electron chi connectivity index (χ2n) is 5.60. The van der Waals surface area contributed by atoms with Gasteiger partial charge in [0.25, 0.3) is 0 Å². The Balaban J connectivity index is 2.13. The van der Waals surface area contributed by atoms with Crippen LogP contribution in [0.5, 0.6) is 0 Å². The van der Waals surface area contributed by atoms with Crippen LogP contribution in [0, 0.1) is 13.8 Å². The molecule has 0 aliphatic rings. The molecular formula is C18H17Cl3O2Se. The summed E-state index contributed by atoms with van der Waals surface area (Å²) in [5.74, 6) is -0.527. The maximum absolute atomic E-state index is 12.5. The molecule has 2 nitrogen and oxygen atoms in total. The number of alkyl halides is 1. The van der Waals surface area contributed by atoms with E-state index in [4.69, 9.17) is 31.8 Å². The number of ketones is 2. The van der Waals surface area contributed by atoms with E-state index in [0.29, 0.717) is 11.1 Å². The van der Waals surface area contributed by atoms with Crippen LogP contribution < -0.4 is 0 Å². The Morgan fingerprint density at radius 3 is 1.75 bits per heavy atom. The Bertz CT molecular complexity index is 740. The molecule has 0 aromatic heterocycles. The zero-order chi connectivity index (χ0) is 17.9. The van der Waals surface area contributed by atoms with Crippen molar-refractivity contribution >= 4 is 54.4 Å². The van der Waals surface area contributed by atoms with Crippen LogP contribution in [0.2, 0.25) is 5.32 Å². The van der Waals surface area contributed by atoms with Gasteiger partial charge in [0.05, 0.1) is 0 Å². The average Bonchev–Trinajstić information content (AvgIpc) is 2.54. The molecule has 2 aromatic carbocycles. The molecule has 0 aliphatic heterocycles. The third-order valence-corrected chi connectivity index (χ3v) is 12.3. The summed E-state index contributed by atoms with van der Waals surface area (Å²) < 4.78 is -1.07. The van der Waals surface area contributed by atoms with E-state index in [1.807, 2.05) is 38.1 Å². The minimum atomic E-state index is -3.52. The Morgan fingerprint density at radius 2 is 1.29 bits per heavy atom. The third-order valence-electron chi connectivity index (χ3n) is 3.54. The molecule has 0 bridgehead atoms. The van der Waals surface area contributed by atoms with Crippen molar-refractivity contribution < 1.29 is 9.59 Å². The molecule has 0 radical (unpaired) electrons. The van der Waals surface area contributed by atoms with E-state index < -0.39 is 15.3 Å². The SMILES string of the molecule is Cc1ccc(C(=O)C[Se](Cl)(Cl)C(Cl)C(=O)c2ccc(C)cc2)cc1. The van der Waals surface area contributed by atoms with Gasteiger partial charge < -0.3 is 0 Å². The van der Waals surface area contributed by atoms with Gasteiger partial charge in [0.2, 0.25) is 0 Å². The first-order valence-electron chi connectivity index (χ1n) is 7.24. The van der Waals surface area contributed by atoms with Gasteiger partial charge in [-0.05, 0) is 0 Å².